The molecule has 0 N–H and O–H groups in total. The number of hydrogen-bond donors (Lipinski definition) is 0. The second-order valence-electron chi connectivity index (χ2n) is 6.89. The summed E-state index contributed by atoms with van der Waals surface area (Å²) in [5, 5.41) is 0. The largest absolute Gasteiger partial charge is 0.339 e. The van der Waals surface area contributed by atoms with E-state index in [1.54, 1.807) is 12.4 Å². The highest BCUT2D eigenvalue weighted by molar-refractivity contribution is 5.95. The van der Waals surface area contributed by atoms with Crippen LogP contribution in [0.5, 0.6) is 0 Å². The second kappa shape index (κ2) is 5.94. The number of rotatable bonds is 3. The van der Waals surface area contributed by atoms with Gasteiger partial charge in [-0.25, -0.2) is 0 Å². The van der Waals surface area contributed by atoms with E-state index < -0.39 is 0 Å². The molecular weight excluding hydrogens is 248 g/mol. The van der Waals surface area contributed by atoms with Gasteiger partial charge < -0.3 is 4.90 Å². The van der Waals surface area contributed by atoms with E-state index in [0.29, 0.717) is 5.41 Å². The molecule has 1 aromatic rings. The van der Waals surface area contributed by atoms with E-state index in [1.165, 1.54) is 6.42 Å². The van der Waals surface area contributed by atoms with Crippen molar-refractivity contribution < 1.29 is 4.79 Å². The summed E-state index contributed by atoms with van der Waals surface area (Å²) in [5.41, 5.74) is 2.17. The Bertz CT molecular complexity index is 474. The molecule has 1 fully saturated rings. The zero-order chi connectivity index (χ0) is 14.8. The maximum absolute atomic E-state index is 12.6. The number of carbonyl (C=O) groups is 1. The molecule has 0 spiro atoms. The fourth-order valence-corrected chi connectivity index (χ4v) is 3.32. The number of pyridine rings is 1. The van der Waals surface area contributed by atoms with Crippen molar-refractivity contribution in [2.75, 3.05) is 13.1 Å². The predicted octanol–water partition coefficient (Wildman–Crippen LogP) is 3.68. The Labute approximate surface area is 122 Å². The Morgan fingerprint density at radius 1 is 1.40 bits per heavy atom. The third-order valence-electron chi connectivity index (χ3n) is 4.41. The van der Waals surface area contributed by atoms with Gasteiger partial charge in [0.1, 0.15) is 0 Å². The van der Waals surface area contributed by atoms with Gasteiger partial charge in [0, 0.05) is 31.0 Å². The highest BCUT2D eigenvalue weighted by atomic mass is 16.2. The van der Waals surface area contributed by atoms with Crippen LogP contribution in [0.3, 0.4) is 0 Å². The molecule has 1 aromatic heterocycles. The maximum atomic E-state index is 12.6. The van der Waals surface area contributed by atoms with Crippen LogP contribution in [0.15, 0.2) is 18.5 Å². The lowest BCUT2D eigenvalue weighted by atomic mass is 9.74. The van der Waals surface area contributed by atoms with Crippen LogP contribution in [0.2, 0.25) is 0 Å². The van der Waals surface area contributed by atoms with Gasteiger partial charge >= 0.3 is 0 Å². The summed E-state index contributed by atoms with van der Waals surface area (Å²) in [6.45, 7) is 10.6. The van der Waals surface area contributed by atoms with Crippen LogP contribution in [0.4, 0.5) is 0 Å². The van der Waals surface area contributed by atoms with Crippen LogP contribution in [0.25, 0.3) is 0 Å². The molecule has 0 aliphatic carbocycles. The third kappa shape index (κ3) is 3.38. The monoisotopic (exact) mass is 274 g/mol. The van der Waals surface area contributed by atoms with Crippen molar-refractivity contribution in [1.82, 2.24) is 9.88 Å². The average Bonchev–Trinajstić information content (AvgIpc) is 2.38. The second-order valence-corrected chi connectivity index (χ2v) is 6.89. The standard InChI is InChI=1S/C17H26N2O/c1-13(2)11-17(4)6-9-19(10-7-17)16(20)15-5-8-18-12-14(15)3/h5,8,12-13H,6-7,9-11H2,1-4H3. The normalized spacial score (nSPS) is 18.4. The van der Waals surface area contributed by atoms with E-state index in [0.717, 1.165) is 43.0 Å². The summed E-state index contributed by atoms with van der Waals surface area (Å²) in [5.74, 6) is 0.890. The first-order chi connectivity index (χ1) is 9.41. The van der Waals surface area contributed by atoms with Crippen molar-refractivity contribution in [1.29, 1.82) is 0 Å². The quantitative estimate of drug-likeness (QED) is 0.842. The number of likely N-dealkylation sites (tertiary alicyclic amines) is 1. The smallest absolute Gasteiger partial charge is 0.254 e. The van der Waals surface area contributed by atoms with Crippen molar-refractivity contribution in [3.63, 3.8) is 0 Å². The minimum Gasteiger partial charge on any atom is -0.339 e. The predicted molar refractivity (Wildman–Crippen MR) is 81.7 cm³/mol. The minimum atomic E-state index is 0.163. The van der Waals surface area contributed by atoms with E-state index >= 15 is 0 Å². The first-order valence-corrected chi connectivity index (χ1v) is 7.61. The fraction of sp³-hybridized carbons (Fsp3) is 0.647. The number of amides is 1. The molecule has 1 aliphatic rings. The van der Waals surface area contributed by atoms with Crippen molar-refractivity contribution in [3.05, 3.63) is 29.6 Å². The number of hydrogen-bond acceptors (Lipinski definition) is 2. The van der Waals surface area contributed by atoms with E-state index in [1.807, 2.05) is 17.9 Å². The molecule has 1 saturated heterocycles. The third-order valence-corrected chi connectivity index (χ3v) is 4.41. The molecule has 0 atom stereocenters. The first-order valence-electron chi connectivity index (χ1n) is 7.61. The van der Waals surface area contributed by atoms with Crippen molar-refractivity contribution >= 4 is 5.91 Å². The molecule has 0 radical (unpaired) electrons. The van der Waals surface area contributed by atoms with Gasteiger partial charge in [0.05, 0.1) is 0 Å². The molecule has 0 bridgehead atoms. The Morgan fingerprint density at radius 3 is 2.60 bits per heavy atom. The van der Waals surface area contributed by atoms with Crippen LogP contribution in [0, 0.1) is 18.3 Å². The topological polar surface area (TPSA) is 33.2 Å². The van der Waals surface area contributed by atoms with Crippen LogP contribution in [-0.2, 0) is 0 Å². The Kier molecular flexibility index (Phi) is 4.46. The van der Waals surface area contributed by atoms with Gasteiger partial charge in [-0.1, -0.05) is 20.8 Å². The Hall–Kier alpha value is -1.38. The van der Waals surface area contributed by atoms with Crippen molar-refractivity contribution in [3.8, 4) is 0 Å². The lowest BCUT2D eigenvalue weighted by Crippen LogP contribution is -2.42. The minimum absolute atomic E-state index is 0.163. The van der Waals surface area contributed by atoms with Gasteiger partial charge in [-0.2, -0.15) is 0 Å². The van der Waals surface area contributed by atoms with E-state index in [4.69, 9.17) is 0 Å². The molecule has 20 heavy (non-hydrogen) atoms. The number of piperidine rings is 1. The van der Waals surface area contributed by atoms with Gasteiger partial charge in [-0.05, 0) is 49.1 Å². The van der Waals surface area contributed by atoms with Gasteiger partial charge in [-0.3, -0.25) is 9.78 Å². The maximum Gasteiger partial charge on any atom is 0.254 e. The van der Waals surface area contributed by atoms with Crippen molar-refractivity contribution in [2.45, 2.75) is 47.0 Å². The average molecular weight is 274 g/mol. The van der Waals surface area contributed by atoms with E-state index in [2.05, 4.69) is 25.8 Å². The summed E-state index contributed by atoms with van der Waals surface area (Å²) in [7, 11) is 0. The molecule has 0 saturated carbocycles. The number of aryl methyl sites for hydroxylation is 1. The number of aromatic nitrogens is 1. The summed E-state index contributed by atoms with van der Waals surface area (Å²) in [6.07, 6.45) is 6.94. The summed E-state index contributed by atoms with van der Waals surface area (Å²) < 4.78 is 0. The Balaban J connectivity index is 2.01. The molecule has 0 aromatic carbocycles. The Morgan fingerprint density at radius 2 is 2.05 bits per heavy atom. The lowest BCUT2D eigenvalue weighted by Gasteiger charge is -2.40. The van der Waals surface area contributed by atoms with Crippen LogP contribution in [-0.4, -0.2) is 28.9 Å². The van der Waals surface area contributed by atoms with Crippen LogP contribution < -0.4 is 0 Å². The van der Waals surface area contributed by atoms with Gasteiger partial charge in [0.2, 0.25) is 0 Å². The number of carbonyl (C=O) groups excluding carboxylic acids is 1. The molecule has 2 rings (SSSR count). The molecule has 3 nitrogen and oxygen atoms in total. The van der Waals surface area contributed by atoms with Gasteiger partial charge in [0.15, 0.2) is 0 Å². The molecule has 1 aliphatic heterocycles. The highest BCUT2D eigenvalue weighted by Crippen LogP contribution is 2.37. The summed E-state index contributed by atoms with van der Waals surface area (Å²) >= 11 is 0. The molecular formula is C17H26N2O. The lowest BCUT2D eigenvalue weighted by molar-refractivity contribution is 0.0569. The van der Waals surface area contributed by atoms with Gasteiger partial charge in [-0.15, -0.1) is 0 Å². The number of nitrogens with zero attached hydrogens (tertiary/aromatic N) is 2. The molecule has 1 amide bonds. The van der Waals surface area contributed by atoms with E-state index in [9.17, 15) is 4.79 Å². The summed E-state index contributed by atoms with van der Waals surface area (Å²) in [6, 6.07) is 1.83. The fourth-order valence-electron chi connectivity index (χ4n) is 3.32. The zero-order valence-electron chi connectivity index (χ0n) is 13.1. The van der Waals surface area contributed by atoms with Gasteiger partial charge in [0.25, 0.3) is 5.91 Å². The van der Waals surface area contributed by atoms with Crippen molar-refractivity contribution in [2.24, 2.45) is 11.3 Å². The molecule has 2 heterocycles. The first kappa shape index (κ1) is 15.0. The molecule has 3 heteroatoms. The summed E-state index contributed by atoms with van der Waals surface area (Å²) in [4.78, 5) is 18.6. The SMILES string of the molecule is Cc1cnccc1C(=O)N1CCC(C)(CC(C)C)CC1. The van der Waals surface area contributed by atoms with Crippen LogP contribution in [0.1, 0.15) is 56.0 Å². The molecule has 110 valence electrons. The van der Waals surface area contributed by atoms with Crippen LogP contribution >= 0.6 is 0 Å². The highest BCUT2D eigenvalue weighted by Gasteiger charge is 2.32. The zero-order valence-corrected chi connectivity index (χ0v) is 13.1. The van der Waals surface area contributed by atoms with E-state index in [-0.39, 0.29) is 5.91 Å². The molecule has 0 unspecified atom stereocenters.